The highest BCUT2D eigenvalue weighted by Crippen LogP contribution is 2.44. The first-order valence-electron chi connectivity index (χ1n) is 16.7. The Balaban J connectivity index is 1.15. The molecule has 0 radical (unpaired) electrons. The van der Waals surface area contributed by atoms with Crippen LogP contribution in [0.1, 0.15) is 48.3 Å². The number of hydrogen-bond acceptors (Lipinski definition) is 9. The zero-order valence-corrected chi connectivity index (χ0v) is 27.0. The Labute approximate surface area is 282 Å². The van der Waals surface area contributed by atoms with E-state index in [9.17, 15) is 9.59 Å². The number of aromatic amines is 1. The van der Waals surface area contributed by atoms with Gasteiger partial charge >= 0.3 is 5.97 Å². The van der Waals surface area contributed by atoms with Gasteiger partial charge in [0.15, 0.2) is 0 Å². The summed E-state index contributed by atoms with van der Waals surface area (Å²) in [6, 6.07) is 31.5. The third-order valence-corrected chi connectivity index (χ3v) is 9.44. The van der Waals surface area contributed by atoms with E-state index in [4.69, 9.17) is 14.6 Å². The Morgan fingerprint density at radius 2 is 1.65 bits per heavy atom. The molecule has 49 heavy (non-hydrogen) atoms. The van der Waals surface area contributed by atoms with Gasteiger partial charge in [-0.15, -0.1) is 10.2 Å². The molecule has 0 aliphatic carbocycles. The standard InChI is InChI=1S/C38H35N7O4/c1-2-3-13-33-39-31-19-18-27(35-34-32(23-48-38(34)47)49-45(35)22-24-9-5-4-6-10-24)20-30(31)37(46)44(33)21-25-14-16-26(17-15-25)28-11-7-8-12-29(28)36-40-42-43-41-36/h4-12,14-20,32,34-35H,2-3,13,21-23H2,1H3,(H,40,41,42,43)/t32-,34+,35+/m0/s1. The van der Waals surface area contributed by atoms with E-state index in [1.165, 1.54) is 0 Å². The van der Waals surface area contributed by atoms with Crippen molar-refractivity contribution in [3.8, 4) is 22.5 Å². The van der Waals surface area contributed by atoms with Crippen molar-refractivity contribution in [2.45, 2.75) is 51.4 Å². The Bertz CT molecular complexity index is 2170. The molecule has 11 heteroatoms. The number of nitrogens with one attached hydrogen (secondary N) is 1. The monoisotopic (exact) mass is 653 g/mol. The van der Waals surface area contributed by atoms with Gasteiger partial charge in [-0.3, -0.25) is 19.0 Å². The molecule has 11 nitrogen and oxygen atoms in total. The molecule has 2 aliphatic rings. The fourth-order valence-corrected chi connectivity index (χ4v) is 6.97. The minimum Gasteiger partial charge on any atom is -0.462 e. The Morgan fingerprint density at radius 3 is 2.43 bits per heavy atom. The first-order chi connectivity index (χ1) is 24.1. The van der Waals surface area contributed by atoms with E-state index in [2.05, 4.69) is 39.7 Å². The molecule has 6 aromatic rings. The maximum absolute atomic E-state index is 14.4. The minimum atomic E-state index is -0.483. The van der Waals surface area contributed by atoms with Gasteiger partial charge in [-0.25, -0.2) is 4.98 Å². The second-order valence-electron chi connectivity index (χ2n) is 12.6. The fraction of sp³-hybridized carbons (Fsp3) is 0.263. The number of aromatic nitrogens is 6. The number of esters is 1. The summed E-state index contributed by atoms with van der Waals surface area (Å²) in [5.41, 5.74) is 6.28. The molecule has 8 rings (SSSR count). The number of carbonyl (C=O) groups is 1. The average Bonchev–Trinajstić information content (AvgIpc) is 3.88. The summed E-state index contributed by atoms with van der Waals surface area (Å²) in [4.78, 5) is 38.6. The largest absolute Gasteiger partial charge is 0.462 e. The van der Waals surface area contributed by atoms with Gasteiger partial charge in [0, 0.05) is 18.5 Å². The molecule has 0 saturated carbocycles. The molecule has 2 saturated heterocycles. The highest BCUT2D eigenvalue weighted by Gasteiger charge is 2.53. The second-order valence-corrected chi connectivity index (χ2v) is 12.6. The van der Waals surface area contributed by atoms with Crippen LogP contribution in [0.15, 0.2) is 102 Å². The quantitative estimate of drug-likeness (QED) is 0.186. The van der Waals surface area contributed by atoms with Crippen molar-refractivity contribution in [2.75, 3.05) is 6.61 Å². The third kappa shape index (κ3) is 5.92. The molecule has 0 bridgehead atoms. The van der Waals surface area contributed by atoms with Crippen molar-refractivity contribution in [1.29, 1.82) is 0 Å². The zero-order chi connectivity index (χ0) is 33.3. The number of tetrazole rings is 1. The lowest BCUT2D eigenvalue weighted by Gasteiger charge is -2.25. The third-order valence-electron chi connectivity index (χ3n) is 9.44. The second kappa shape index (κ2) is 13.2. The predicted molar refractivity (Wildman–Crippen MR) is 183 cm³/mol. The Kier molecular flexibility index (Phi) is 8.28. The van der Waals surface area contributed by atoms with E-state index in [-0.39, 0.29) is 24.2 Å². The summed E-state index contributed by atoms with van der Waals surface area (Å²) in [5, 5.41) is 16.9. The molecule has 0 unspecified atom stereocenters. The van der Waals surface area contributed by atoms with Crippen LogP contribution in [-0.2, 0) is 33.9 Å². The van der Waals surface area contributed by atoms with E-state index in [0.29, 0.717) is 36.2 Å². The molecular weight excluding hydrogens is 618 g/mol. The Morgan fingerprint density at radius 1 is 0.878 bits per heavy atom. The molecule has 2 aromatic heterocycles. The lowest BCUT2D eigenvalue weighted by atomic mass is 9.90. The van der Waals surface area contributed by atoms with Gasteiger partial charge in [0.25, 0.3) is 5.56 Å². The van der Waals surface area contributed by atoms with Gasteiger partial charge < -0.3 is 4.74 Å². The van der Waals surface area contributed by atoms with Crippen LogP contribution in [0, 0.1) is 5.92 Å². The molecule has 1 N–H and O–H groups in total. The van der Waals surface area contributed by atoms with Crippen molar-refractivity contribution >= 4 is 16.9 Å². The number of carbonyl (C=O) groups excluding carboxylic acids is 1. The van der Waals surface area contributed by atoms with Crippen LogP contribution in [0.3, 0.4) is 0 Å². The smallest absolute Gasteiger partial charge is 0.313 e. The normalized spacial score (nSPS) is 19.0. The highest BCUT2D eigenvalue weighted by molar-refractivity contribution is 5.81. The fourth-order valence-electron chi connectivity index (χ4n) is 6.97. The summed E-state index contributed by atoms with van der Waals surface area (Å²) in [5.74, 6) is 0.525. The summed E-state index contributed by atoms with van der Waals surface area (Å²) >= 11 is 0. The van der Waals surface area contributed by atoms with E-state index in [1.807, 2.05) is 90.0 Å². The number of aryl methyl sites for hydroxylation is 1. The van der Waals surface area contributed by atoms with E-state index in [0.717, 1.165) is 52.0 Å². The topological polar surface area (TPSA) is 128 Å². The van der Waals surface area contributed by atoms with Crippen LogP contribution >= 0.6 is 0 Å². The molecule has 0 amide bonds. The van der Waals surface area contributed by atoms with Gasteiger partial charge in [0.1, 0.15) is 24.5 Å². The van der Waals surface area contributed by atoms with Gasteiger partial charge in [0.05, 0.1) is 23.5 Å². The van der Waals surface area contributed by atoms with Crippen molar-refractivity contribution in [3.63, 3.8) is 0 Å². The first kappa shape index (κ1) is 30.8. The molecule has 246 valence electrons. The number of hydroxylamine groups is 2. The van der Waals surface area contributed by atoms with Crippen LogP contribution in [0.4, 0.5) is 0 Å². The number of ether oxygens (including phenoxy) is 1. The number of unbranched alkanes of at least 4 members (excludes halogenated alkanes) is 1. The highest BCUT2D eigenvalue weighted by atomic mass is 16.7. The first-order valence-corrected chi connectivity index (χ1v) is 16.7. The van der Waals surface area contributed by atoms with Gasteiger partial charge in [-0.1, -0.05) is 98.3 Å². The maximum Gasteiger partial charge on any atom is 0.313 e. The SMILES string of the molecule is CCCCc1nc2ccc([C@@H]3[C@@H]4C(=O)OC[C@@H]4ON3Cc3ccccc3)cc2c(=O)n1Cc1ccc(-c2ccccc2-c2nn[nH]n2)cc1. The molecule has 2 fully saturated rings. The number of cyclic esters (lactones) is 1. The molecular formula is C38H35N7O4. The van der Waals surface area contributed by atoms with Gasteiger partial charge in [0.2, 0.25) is 5.82 Å². The molecule has 0 spiro atoms. The van der Waals surface area contributed by atoms with Crippen LogP contribution in [0.25, 0.3) is 33.4 Å². The van der Waals surface area contributed by atoms with Crippen LogP contribution < -0.4 is 5.56 Å². The van der Waals surface area contributed by atoms with Crippen LogP contribution in [0.5, 0.6) is 0 Å². The summed E-state index contributed by atoms with van der Waals surface area (Å²) in [7, 11) is 0. The maximum atomic E-state index is 14.4. The number of H-pyrrole nitrogens is 1. The number of rotatable bonds is 10. The lowest BCUT2D eigenvalue weighted by Crippen LogP contribution is -2.29. The van der Waals surface area contributed by atoms with Crippen molar-refractivity contribution in [1.82, 2.24) is 35.2 Å². The minimum absolute atomic E-state index is 0.108. The van der Waals surface area contributed by atoms with Crippen LogP contribution in [0.2, 0.25) is 0 Å². The molecule has 4 heterocycles. The Hall–Kier alpha value is -5.52. The van der Waals surface area contributed by atoms with Gasteiger partial charge in [-0.05, 0) is 51.6 Å². The van der Waals surface area contributed by atoms with Crippen LogP contribution in [-0.4, -0.2) is 53.9 Å². The van der Waals surface area contributed by atoms with Crippen molar-refractivity contribution < 1.29 is 14.4 Å². The van der Waals surface area contributed by atoms with Crippen molar-refractivity contribution in [2.24, 2.45) is 5.92 Å². The molecule has 3 atom stereocenters. The number of nitrogens with zero attached hydrogens (tertiary/aromatic N) is 6. The summed E-state index contributed by atoms with van der Waals surface area (Å²) in [6.07, 6.45) is 2.22. The average molecular weight is 654 g/mol. The number of benzene rings is 4. The summed E-state index contributed by atoms with van der Waals surface area (Å²) in [6.45, 7) is 3.22. The van der Waals surface area contributed by atoms with E-state index < -0.39 is 12.0 Å². The molecule has 4 aromatic carbocycles. The number of fused-ring (bicyclic) bond motifs is 2. The number of hydrogen-bond donors (Lipinski definition) is 1. The zero-order valence-electron chi connectivity index (χ0n) is 27.0. The molecule has 2 aliphatic heterocycles. The lowest BCUT2D eigenvalue weighted by molar-refractivity contribution is -0.181. The van der Waals surface area contributed by atoms with E-state index >= 15 is 0 Å². The van der Waals surface area contributed by atoms with Gasteiger partial charge in [-0.2, -0.15) is 10.3 Å². The van der Waals surface area contributed by atoms with Crippen molar-refractivity contribution in [3.05, 3.63) is 130 Å². The predicted octanol–water partition coefficient (Wildman–Crippen LogP) is 5.66. The summed E-state index contributed by atoms with van der Waals surface area (Å²) < 4.78 is 7.20. The van der Waals surface area contributed by atoms with E-state index in [1.54, 1.807) is 4.57 Å².